The number of nitrogens with zero attached hydrogens (tertiary/aromatic N) is 3. The van der Waals surface area contributed by atoms with Crippen molar-refractivity contribution in [3.8, 4) is 10.6 Å². The van der Waals surface area contributed by atoms with Crippen molar-refractivity contribution in [3.63, 3.8) is 0 Å². The molecule has 70 valence electrons. The van der Waals surface area contributed by atoms with Gasteiger partial charge in [-0.1, -0.05) is 0 Å². The van der Waals surface area contributed by atoms with E-state index in [2.05, 4.69) is 15.0 Å². The maximum absolute atomic E-state index is 10.5. The number of hydrogen-bond acceptors (Lipinski definition) is 5. The van der Waals surface area contributed by atoms with Crippen LogP contribution >= 0.6 is 11.3 Å². The van der Waals surface area contributed by atoms with E-state index in [9.17, 15) is 4.79 Å². The Morgan fingerprint density at radius 2 is 2.00 bits per heavy atom. The van der Waals surface area contributed by atoms with Gasteiger partial charge in [0.25, 0.3) is 0 Å². The predicted octanol–water partition coefficient (Wildman–Crippen LogP) is 1.30. The summed E-state index contributed by atoms with van der Waals surface area (Å²) in [7, 11) is 0. The van der Waals surface area contributed by atoms with E-state index < -0.39 is 5.97 Å². The number of aromatic carboxylic acids is 1. The van der Waals surface area contributed by atoms with Crippen LogP contribution in [0.25, 0.3) is 10.6 Å². The van der Waals surface area contributed by atoms with Gasteiger partial charge in [-0.2, -0.15) is 0 Å². The smallest absolute Gasteiger partial charge is 0.373 e. The molecule has 14 heavy (non-hydrogen) atoms. The van der Waals surface area contributed by atoms with Crippen molar-refractivity contribution in [1.82, 2.24) is 15.0 Å². The maximum Gasteiger partial charge on any atom is 0.373 e. The molecule has 6 heteroatoms. The van der Waals surface area contributed by atoms with Gasteiger partial charge in [0.05, 0.1) is 0 Å². The minimum atomic E-state index is -1.13. The van der Waals surface area contributed by atoms with Gasteiger partial charge in [-0.3, -0.25) is 0 Å². The van der Waals surface area contributed by atoms with E-state index in [0.29, 0.717) is 0 Å². The first kappa shape index (κ1) is 8.76. The highest BCUT2D eigenvalue weighted by molar-refractivity contribution is 7.13. The predicted molar refractivity (Wildman–Crippen MR) is 50.1 cm³/mol. The fraction of sp³-hybridized carbons (Fsp3) is 0. The van der Waals surface area contributed by atoms with Crippen LogP contribution in [-0.4, -0.2) is 26.0 Å². The fourth-order valence-corrected chi connectivity index (χ4v) is 1.53. The number of thiazole rings is 1. The summed E-state index contributed by atoms with van der Waals surface area (Å²) < 4.78 is 0. The Morgan fingerprint density at radius 1 is 1.29 bits per heavy atom. The van der Waals surface area contributed by atoms with Gasteiger partial charge >= 0.3 is 5.97 Å². The molecule has 0 atom stereocenters. The average Bonchev–Trinajstić information content (AvgIpc) is 2.71. The molecule has 0 radical (unpaired) electrons. The van der Waals surface area contributed by atoms with Crippen molar-refractivity contribution >= 4 is 17.3 Å². The highest BCUT2D eigenvalue weighted by Gasteiger charge is 2.07. The zero-order valence-corrected chi connectivity index (χ0v) is 7.73. The van der Waals surface area contributed by atoms with Gasteiger partial charge in [-0.05, 0) is 0 Å². The zero-order valence-electron chi connectivity index (χ0n) is 6.91. The minimum Gasteiger partial charge on any atom is -0.475 e. The zero-order chi connectivity index (χ0) is 9.97. The lowest BCUT2D eigenvalue weighted by Gasteiger charge is -1.95. The lowest BCUT2D eigenvalue weighted by molar-refractivity contribution is 0.0683. The summed E-state index contributed by atoms with van der Waals surface area (Å²) in [5.74, 6) is -1.33. The molecule has 5 nitrogen and oxygen atoms in total. The summed E-state index contributed by atoms with van der Waals surface area (Å²) in [5.41, 5.74) is 0.727. The first-order valence-electron chi connectivity index (χ1n) is 3.72. The summed E-state index contributed by atoms with van der Waals surface area (Å²) in [6.45, 7) is 0. The van der Waals surface area contributed by atoms with E-state index >= 15 is 0 Å². The van der Waals surface area contributed by atoms with Crippen LogP contribution in [0.4, 0.5) is 0 Å². The molecule has 2 heterocycles. The van der Waals surface area contributed by atoms with Gasteiger partial charge < -0.3 is 5.11 Å². The van der Waals surface area contributed by atoms with Crippen molar-refractivity contribution in [2.24, 2.45) is 0 Å². The first-order chi connectivity index (χ1) is 6.77. The molecule has 0 amide bonds. The van der Waals surface area contributed by atoms with Crippen molar-refractivity contribution in [1.29, 1.82) is 0 Å². The standard InChI is InChI=1S/C8H5N3O2S/c12-8(13)6-10-3-5(4-11-6)7-9-1-2-14-7/h1-4H,(H,12,13). The van der Waals surface area contributed by atoms with E-state index in [1.54, 1.807) is 6.20 Å². The van der Waals surface area contributed by atoms with Crippen LogP contribution in [0.15, 0.2) is 24.0 Å². The van der Waals surface area contributed by atoms with E-state index in [1.165, 1.54) is 23.7 Å². The fourth-order valence-electron chi connectivity index (χ4n) is 0.915. The Labute approximate surface area is 83.1 Å². The Balaban J connectivity index is 2.36. The molecule has 0 bridgehead atoms. The Hall–Kier alpha value is -1.82. The minimum absolute atomic E-state index is 0.203. The van der Waals surface area contributed by atoms with Gasteiger partial charge in [0.15, 0.2) is 0 Å². The lowest BCUT2D eigenvalue weighted by Crippen LogP contribution is -2.02. The maximum atomic E-state index is 10.5. The quantitative estimate of drug-likeness (QED) is 0.803. The molecule has 0 aliphatic rings. The third-order valence-corrected chi connectivity index (χ3v) is 2.34. The molecule has 1 N–H and O–H groups in total. The van der Waals surface area contributed by atoms with Crippen LogP contribution in [0.1, 0.15) is 10.6 Å². The van der Waals surface area contributed by atoms with Gasteiger partial charge in [-0.25, -0.2) is 19.7 Å². The van der Waals surface area contributed by atoms with Gasteiger partial charge in [0, 0.05) is 29.5 Å². The summed E-state index contributed by atoms with van der Waals surface area (Å²) in [4.78, 5) is 21.9. The molecule has 0 aliphatic heterocycles. The van der Waals surface area contributed by atoms with Crippen molar-refractivity contribution in [2.45, 2.75) is 0 Å². The molecular weight excluding hydrogens is 202 g/mol. The van der Waals surface area contributed by atoms with Gasteiger partial charge in [0.2, 0.25) is 5.82 Å². The summed E-state index contributed by atoms with van der Waals surface area (Å²) >= 11 is 1.45. The number of rotatable bonds is 2. The second-order valence-electron chi connectivity index (χ2n) is 2.44. The van der Waals surface area contributed by atoms with Crippen molar-refractivity contribution in [2.75, 3.05) is 0 Å². The van der Waals surface area contributed by atoms with Crippen LogP contribution < -0.4 is 0 Å². The Bertz CT molecular complexity index is 438. The molecule has 0 saturated heterocycles. The number of aromatic nitrogens is 3. The third kappa shape index (κ3) is 1.60. The van der Waals surface area contributed by atoms with Crippen molar-refractivity contribution in [3.05, 3.63) is 29.8 Å². The summed E-state index contributed by atoms with van der Waals surface area (Å²) in [6.07, 6.45) is 4.58. The number of carboxylic acids is 1. The van der Waals surface area contributed by atoms with Crippen LogP contribution in [0.5, 0.6) is 0 Å². The lowest BCUT2D eigenvalue weighted by atomic mass is 10.3. The van der Waals surface area contributed by atoms with Crippen molar-refractivity contribution < 1.29 is 9.90 Å². The molecule has 0 spiro atoms. The van der Waals surface area contributed by atoms with Gasteiger partial charge in [0.1, 0.15) is 5.01 Å². The Morgan fingerprint density at radius 3 is 2.50 bits per heavy atom. The largest absolute Gasteiger partial charge is 0.475 e. The molecule has 0 aromatic carbocycles. The SMILES string of the molecule is O=C(O)c1ncc(-c2nccs2)cn1. The number of hydrogen-bond donors (Lipinski definition) is 1. The molecule has 2 aromatic rings. The first-order valence-corrected chi connectivity index (χ1v) is 4.60. The molecule has 0 aliphatic carbocycles. The van der Waals surface area contributed by atoms with Crippen LogP contribution in [0, 0.1) is 0 Å². The van der Waals surface area contributed by atoms with Crippen LogP contribution in [0.3, 0.4) is 0 Å². The molecular formula is C8H5N3O2S. The second kappa shape index (κ2) is 3.51. The molecule has 2 rings (SSSR count). The van der Waals surface area contributed by atoms with E-state index in [4.69, 9.17) is 5.11 Å². The normalized spacial score (nSPS) is 10.0. The third-order valence-electron chi connectivity index (χ3n) is 1.52. The van der Waals surface area contributed by atoms with E-state index in [1.807, 2.05) is 5.38 Å². The van der Waals surface area contributed by atoms with E-state index in [0.717, 1.165) is 10.6 Å². The van der Waals surface area contributed by atoms with Crippen LogP contribution in [-0.2, 0) is 0 Å². The second-order valence-corrected chi connectivity index (χ2v) is 3.33. The van der Waals surface area contributed by atoms with Crippen LogP contribution in [0.2, 0.25) is 0 Å². The monoisotopic (exact) mass is 207 g/mol. The van der Waals surface area contributed by atoms with Gasteiger partial charge in [-0.15, -0.1) is 11.3 Å². The highest BCUT2D eigenvalue weighted by Crippen LogP contribution is 2.19. The summed E-state index contributed by atoms with van der Waals surface area (Å²) in [6, 6.07) is 0. The number of carbonyl (C=O) groups is 1. The topological polar surface area (TPSA) is 76.0 Å². The summed E-state index contributed by atoms with van der Waals surface area (Å²) in [5, 5.41) is 11.2. The number of carboxylic acid groups (broad SMARTS) is 1. The molecule has 0 unspecified atom stereocenters. The van der Waals surface area contributed by atoms with E-state index in [-0.39, 0.29) is 5.82 Å². The Kier molecular flexibility index (Phi) is 2.19. The molecule has 0 saturated carbocycles. The molecule has 0 fully saturated rings. The highest BCUT2D eigenvalue weighted by atomic mass is 32.1. The average molecular weight is 207 g/mol. The molecule has 2 aromatic heterocycles.